The van der Waals surface area contributed by atoms with Gasteiger partial charge >= 0.3 is 5.97 Å². The number of esters is 1. The monoisotopic (exact) mass is 261 g/mol. The third-order valence-corrected chi connectivity index (χ3v) is 2.44. The van der Waals surface area contributed by atoms with Crippen LogP contribution in [0.4, 0.5) is 0 Å². The van der Waals surface area contributed by atoms with Gasteiger partial charge in [0.2, 0.25) is 0 Å². The lowest BCUT2D eigenvalue weighted by atomic mass is 10.3. The van der Waals surface area contributed by atoms with E-state index in [2.05, 4.69) is 18.7 Å². The number of hydrogen-bond donors (Lipinski definition) is 0. The predicted octanol–water partition coefficient (Wildman–Crippen LogP) is 2.72. The fourth-order valence-electron chi connectivity index (χ4n) is 1.45. The second-order valence-electron chi connectivity index (χ2n) is 3.48. The summed E-state index contributed by atoms with van der Waals surface area (Å²) in [7, 11) is 0. The maximum absolute atomic E-state index is 11.4. The van der Waals surface area contributed by atoms with Gasteiger partial charge in [0.1, 0.15) is 12.0 Å². The first-order chi connectivity index (χ1) is 7.71. The van der Waals surface area contributed by atoms with Gasteiger partial charge in [-0.2, -0.15) is 0 Å². The Morgan fingerprint density at radius 2 is 2.00 bits per heavy atom. The van der Waals surface area contributed by atoms with Crippen LogP contribution in [0.25, 0.3) is 0 Å². The molecule has 1 aromatic rings. The van der Waals surface area contributed by atoms with Crippen molar-refractivity contribution in [2.24, 2.45) is 0 Å². The fraction of sp³-hybridized carbons (Fsp3) is 0.583. The number of halogens is 1. The SMILES string of the molecule is CCOC(=O)c1coc(CN(CC)CC)c1.Cl. The van der Waals surface area contributed by atoms with Gasteiger partial charge in [0.15, 0.2) is 0 Å². The Kier molecular flexibility index (Phi) is 7.66. The van der Waals surface area contributed by atoms with Gasteiger partial charge in [-0.3, -0.25) is 4.90 Å². The first-order valence-corrected chi connectivity index (χ1v) is 5.68. The number of rotatable bonds is 6. The number of ether oxygens (including phenoxy) is 1. The topological polar surface area (TPSA) is 42.7 Å². The zero-order valence-corrected chi connectivity index (χ0v) is 11.4. The van der Waals surface area contributed by atoms with Crippen molar-refractivity contribution in [3.8, 4) is 0 Å². The van der Waals surface area contributed by atoms with E-state index >= 15 is 0 Å². The van der Waals surface area contributed by atoms with Crippen molar-refractivity contribution in [1.82, 2.24) is 4.90 Å². The van der Waals surface area contributed by atoms with Crippen LogP contribution in [0, 0.1) is 0 Å². The average molecular weight is 262 g/mol. The summed E-state index contributed by atoms with van der Waals surface area (Å²) in [6.07, 6.45) is 1.46. The Labute approximate surface area is 108 Å². The molecule has 0 saturated carbocycles. The molecule has 5 heteroatoms. The molecular weight excluding hydrogens is 242 g/mol. The molecular formula is C12H20ClNO3. The Bertz CT molecular complexity index is 334. The summed E-state index contributed by atoms with van der Waals surface area (Å²) in [4.78, 5) is 13.6. The predicted molar refractivity (Wildman–Crippen MR) is 68.5 cm³/mol. The molecule has 0 fully saturated rings. The number of furan rings is 1. The molecule has 98 valence electrons. The molecule has 0 unspecified atom stereocenters. The van der Waals surface area contributed by atoms with Crippen molar-refractivity contribution in [2.45, 2.75) is 27.3 Å². The third kappa shape index (κ3) is 4.79. The normalized spacial score (nSPS) is 10.1. The molecule has 1 aromatic heterocycles. The molecule has 0 N–H and O–H groups in total. The van der Waals surface area contributed by atoms with Crippen molar-refractivity contribution >= 4 is 18.4 Å². The second kappa shape index (κ2) is 8.14. The average Bonchev–Trinajstić information content (AvgIpc) is 2.74. The molecule has 0 bridgehead atoms. The number of hydrogen-bond acceptors (Lipinski definition) is 4. The third-order valence-electron chi connectivity index (χ3n) is 2.44. The molecule has 0 aromatic carbocycles. The molecule has 0 radical (unpaired) electrons. The van der Waals surface area contributed by atoms with E-state index in [9.17, 15) is 4.79 Å². The zero-order valence-electron chi connectivity index (χ0n) is 10.6. The lowest BCUT2D eigenvalue weighted by molar-refractivity contribution is 0.0525. The molecule has 0 amide bonds. The van der Waals surface area contributed by atoms with Crippen molar-refractivity contribution in [3.63, 3.8) is 0 Å². The van der Waals surface area contributed by atoms with Crippen molar-refractivity contribution < 1.29 is 13.9 Å². The maximum Gasteiger partial charge on any atom is 0.341 e. The first kappa shape index (κ1) is 16.0. The van der Waals surface area contributed by atoms with Crippen LogP contribution < -0.4 is 0 Å². The highest BCUT2D eigenvalue weighted by molar-refractivity contribution is 5.89. The van der Waals surface area contributed by atoms with Gasteiger partial charge in [0.25, 0.3) is 0 Å². The van der Waals surface area contributed by atoms with Crippen LogP contribution in [0.15, 0.2) is 16.7 Å². The number of carbonyl (C=O) groups excluding carboxylic acids is 1. The van der Waals surface area contributed by atoms with E-state index in [4.69, 9.17) is 9.15 Å². The zero-order chi connectivity index (χ0) is 12.0. The van der Waals surface area contributed by atoms with E-state index in [0.717, 1.165) is 25.4 Å². The van der Waals surface area contributed by atoms with Crippen LogP contribution >= 0.6 is 12.4 Å². The van der Waals surface area contributed by atoms with E-state index in [1.54, 1.807) is 13.0 Å². The van der Waals surface area contributed by atoms with Crippen LogP contribution in [-0.2, 0) is 11.3 Å². The van der Waals surface area contributed by atoms with Crippen molar-refractivity contribution in [3.05, 3.63) is 23.7 Å². The number of nitrogens with zero attached hydrogens (tertiary/aromatic N) is 1. The summed E-state index contributed by atoms with van der Waals surface area (Å²) >= 11 is 0. The van der Waals surface area contributed by atoms with E-state index < -0.39 is 0 Å². The van der Waals surface area contributed by atoms with Crippen LogP contribution in [0.1, 0.15) is 36.9 Å². The highest BCUT2D eigenvalue weighted by Gasteiger charge is 2.12. The Morgan fingerprint density at radius 3 is 2.53 bits per heavy atom. The summed E-state index contributed by atoms with van der Waals surface area (Å²) in [6, 6.07) is 1.75. The van der Waals surface area contributed by atoms with E-state index in [-0.39, 0.29) is 18.4 Å². The quantitative estimate of drug-likeness (QED) is 0.739. The lowest BCUT2D eigenvalue weighted by Gasteiger charge is -2.15. The van der Waals surface area contributed by atoms with E-state index in [1.807, 2.05) is 0 Å². The molecule has 0 aliphatic carbocycles. The van der Waals surface area contributed by atoms with Crippen LogP contribution in [0.5, 0.6) is 0 Å². The minimum atomic E-state index is -0.322. The molecule has 1 rings (SSSR count). The molecule has 0 atom stereocenters. The fourth-order valence-corrected chi connectivity index (χ4v) is 1.45. The van der Waals surface area contributed by atoms with Gasteiger partial charge in [-0.15, -0.1) is 12.4 Å². The standard InChI is InChI=1S/C12H19NO3.ClH/c1-4-13(5-2)8-11-7-10(9-16-11)12(14)15-6-3;/h7,9H,4-6,8H2,1-3H3;1H. The smallest absolute Gasteiger partial charge is 0.341 e. The number of carbonyl (C=O) groups is 1. The highest BCUT2D eigenvalue weighted by atomic mass is 35.5. The van der Waals surface area contributed by atoms with Gasteiger partial charge in [0.05, 0.1) is 18.7 Å². The van der Waals surface area contributed by atoms with Gasteiger partial charge in [0, 0.05) is 0 Å². The minimum absolute atomic E-state index is 0. The first-order valence-electron chi connectivity index (χ1n) is 5.68. The Hall–Kier alpha value is -1.00. The highest BCUT2D eigenvalue weighted by Crippen LogP contribution is 2.11. The van der Waals surface area contributed by atoms with E-state index in [0.29, 0.717) is 12.2 Å². The Morgan fingerprint density at radius 1 is 1.35 bits per heavy atom. The van der Waals surface area contributed by atoms with Gasteiger partial charge in [-0.25, -0.2) is 4.79 Å². The molecule has 17 heavy (non-hydrogen) atoms. The summed E-state index contributed by atoms with van der Waals surface area (Å²) in [6.45, 7) is 9.02. The van der Waals surface area contributed by atoms with Crippen LogP contribution in [-0.4, -0.2) is 30.6 Å². The molecule has 0 spiro atoms. The lowest BCUT2D eigenvalue weighted by Crippen LogP contribution is -2.21. The minimum Gasteiger partial charge on any atom is -0.467 e. The van der Waals surface area contributed by atoms with Crippen LogP contribution in [0.3, 0.4) is 0 Å². The molecule has 0 saturated heterocycles. The molecule has 0 aliphatic rings. The maximum atomic E-state index is 11.4. The molecule has 1 heterocycles. The van der Waals surface area contributed by atoms with Crippen molar-refractivity contribution in [1.29, 1.82) is 0 Å². The Balaban J connectivity index is 0.00000256. The summed E-state index contributed by atoms with van der Waals surface area (Å²) in [5.41, 5.74) is 0.490. The summed E-state index contributed by atoms with van der Waals surface area (Å²) < 4.78 is 10.2. The van der Waals surface area contributed by atoms with Gasteiger partial charge in [-0.1, -0.05) is 13.8 Å². The molecule has 0 aliphatic heterocycles. The second-order valence-corrected chi connectivity index (χ2v) is 3.48. The summed E-state index contributed by atoms with van der Waals surface area (Å²) in [5, 5.41) is 0. The van der Waals surface area contributed by atoms with E-state index in [1.165, 1.54) is 6.26 Å². The van der Waals surface area contributed by atoms with Crippen LogP contribution in [0.2, 0.25) is 0 Å². The summed E-state index contributed by atoms with van der Waals surface area (Å²) in [5.74, 6) is 0.476. The molecule has 4 nitrogen and oxygen atoms in total. The van der Waals surface area contributed by atoms with Gasteiger partial charge in [-0.05, 0) is 26.1 Å². The van der Waals surface area contributed by atoms with Gasteiger partial charge < -0.3 is 9.15 Å². The largest absolute Gasteiger partial charge is 0.467 e. The van der Waals surface area contributed by atoms with Crippen molar-refractivity contribution in [2.75, 3.05) is 19.7 Å².